The largest absolute Gasteiger partial charge is 0.367 e. The first-order chi connectivity index (χ1) is 7.26. The topological polar surface area (TPSA) is 35.8 Å². The number of hydrogen-bond donors (Lipinski definition) is 1. The Morgan fingerprint density at radius 1 is 1.27 bits per heavy atom. The van der Waals surface area contributed by atoms with E-state index in [2.05, 4.69) is 24.4 Å². The van der Waals surface area contributed by atoms with Crippen LogP contribution in [0.4, 0.5) is 5.69 Å². The van der Waals surface area contributed by atoms with Crippen LogP contribution in [0.5, 0.6) is 0 Å². The van der Waals surface area contributed by atoms with Crippen LogP contribution in [-0.4, -0.2) is 5.54 Å². The Morgan fingerprint density at radius 2 is 1.93 bits per heavy atom. The highest BCUT2D eigenvalue weighted by atomic mass is 15.0. The van der Waals surface area contributed by atoms with Gasteiger partial charge >= 0.3 is 0 Å². The van der Waals surface area contributed by atoms with Gasteiger partial charge in [-0.05, 0) is 44.2 Å². The van der Waals surface area contributed by atoms with Gasteiger partial charge in [0, 0.05) is 5.69 Å². The summed E-state index contributed by atoms with van der Waals surface area (Å²) in [5.74, 6) is 0. The highest BCUT2D eigenvalue weighted by molar-refractivity contribution is 5.53. The smallest absolute Gasteiger partial charge is 0.125 e. The van der Waals surface area contributed by atoms with Gasteiger partial charge in [-0.3, -0.25) is 0 Å². The van der Waals surface area contributed by atoms with Crippen LogP contribution in [-0.2, 0) is 0 Å². The van der Waals surface area contributed by atoms with Crippen LogP contribution in [0.25, 0.3) is 0 Å². The van der Waals surface area contributed by atoms with E-state index in [4.69, 9.17) is 0 Å². The summed E-state index contributed by atoms with van der Waals surface area (Å²) in [6, 6.07) is 10.6. The van der Waals surface area contributed by atoms with Crippen molar-refractivity contribution in [2.24, 2.45) is 0 Å². The number of aryl methyl sites for hydroxylation is 1. The Morgan fingerprint density at radius 3 is 2.53 bits per heavy atom. The van der Waals surface area contributed by atoms with Crippen molar-refractivity contribution >= 4 is 5.69 Å². The number of nitriles is 1. The molecule has 2 heteroatoms. The lowest BCUT2D eigenvalue weighted by Crippen LogP contribution is -2.33. The molecule has 0 spiro atoms. The van der Waals surface area contributed by atoms with Crippen LogP contribution in [0, 0.1) is 18.3 Å². The van der Waals surface area contributed by atoms with Gasteiger partial charge in [0.2, 0.25) is 0 Å². The van der Waals surface area contributed by atoms with Gasteiger partial charge in [0.25, 0.3) is 0 Å². The molecule has 2 rings (SSSR count). The quantitative estimate of drug-likeness (QED) is 0.795. The van der Waals surface area contributed by atoms with Gasteiger partial charge in [0.15, 0.2) is 0 Å². The van der Waals surface area contributed by atoms with Crippen molar-refractivity contribution in [2.75, 3.05) is 5.32 Å². The lowest BCUT2D eigenvalue weighted by atomic mass is 9.98. The molecule has 15 heavy (non-hydrogen) atoms. The van der Waals surface area contributed by atoms with E-state index in [9.17, 15) is 5.26 Å². The van der Waals surface area contributed by atoms with Crippen LogP contribution in [0.3, 0.4) is 0 Å². The van der Waals surface area contributed by atoms with Crippen molar-refractivity contribution in [3.63, 3.8) is 0 Å². The molecule has 0 atom stereocenters. The van der Waals surface area contributed by atoms with Gasteiger partial charge in [-0.15, -0.1) is 0 Å². The predicted molar refractivity (Wildman–Crippen MR) is 61.6 cm³/mol. The normalized spacial score (nSPS) is 18.4. The minimum atomic E-state index is -0.313. The van der Waals surface area contributed by atoms with Crippen molar-refractivity contribution in [2.45, 2.75) is 38.1 Å². The summed E-state index contributed by atoms with van der Waals surface area (Å²) in [5.41, 5.74) is 1.99. The molecule has 1 saturated carbocycles. The van der Waals surface area contributed by atoms with Crippen molar-refractivity contribution in [3.8, 4) is 6.07 Å². The van der Waals surface area contributed by atoms with E-state index < -0.39 is 0 Å². The van der Waals surface area contributed by atoms with Crippen molar-refractivity contribution in [1.29, 1.82) is 5.26 Å². The summed E-state index contributed by atoms with van der Waals surface area (Å²) in [6.45, 7) is 2.07. The summed E-state index contributed by atoms with van der Waals surface area (Å²) < 4.78 is 0. The lowest BCUT2D eigenvalue weighted by Gasteiger charge is -2.24. The average Bonchev–Trinajstić information content (AvgIpc) is 2.71. The predicted octanol–water partition coefficient (Wildman–Crippen LogP) is 3.24. The molecule has 1 aliphatic rings. The summed E-state index contributed by atoms with van der Waals surface area (Å²) in [4.78, 5) is 0. The molecule has 1 N–H and O–H groups in total. The first-order valence-corrected chi connectivity index (χ1v) is 5.51. The minimum Gasteiger partial charge on any atom is -0.367 e. The maximum Gasteiger partial charge on any atom is 0.125 e. The molecule has 78 valence electrons. The number of para-hydroxylation sites is 1. The molecule has 0 bridgehead atoms. The molecule has 0 heterocycles. The molecule has 0 radical (unpaired) electrons. The van der Waals surface area contributed by atoms with Gasteiger partial charge in [-0.25, -0.2) is 0 Å². The van der Waals surface area contributed by atoms with Crippen molar-refractivity contribution in [1.82, 2.24) is 0 Å². The monoisotopic (exact) mass is 200 g/mol. The summed E-state index contributed by atoms with van der Waals surface area (Å²) in [5, 5.41) is 12.7. The van der Waals surface area contributed by atoms with E-state index in [1.807, 2.05) is 18.2 Å². The van der Waals surface area contributed by atoms with Crippen molar-refractivity contribution in [3.05, 3.63) is 29.8 Å². The Bertz CT molecular complexity index is 384. The van der Waals surface area contributed by atoms with Gasteiger partial charge < -0.3 is 5.32 Å². The zero-order valence-electron chi connectivity index (χ0n) is 9.09. The van der Waals surface area contributed by atoms with Crippen LogP contribution in [0.2, 0.25) is 0 Å². The van der Waals surface area contributed by atoms with E-state index in [1.165, 1.54) is 5.56 Å². The van der Waals surface area contributed by atoms with Gasteiger partial charge in [0.1, 0.15) is 5.54 Å². The standard InChI is InChI=1S/C13H16N2/c1-11-6-2-3-7-12(11)15-13(10-14)8-4-5-9-13/h2-3,6-7,15H,4-5,8-9H2,1H3. The fourth-order valence-corrected chi connectivity index (χ4v) is 2.21. The first kappa shape index (κ1) is 10.0. The molecule has 0 aliphatic heterocycles. The second-order valence-corrected chi connectivity index (χ2v) is 4.34. The fraction of sp³-hybridized carbons (Fsp3) is 0.462. The molecule has 0 amide bonds. The number of nitrogens with one attached hydrogen (secondary N) is 1. The van der Waals surface area contributed by atoms with E-state index in [-0.39, 0.29) is 5.54 Å². The van der Waals surface area contributed by atoms with Gasteiger partial charge in [-0.1, -0.05) is 18.2 Å². The zero-order valence-corrected chi connectivity index (χ0v) is 9.09. The van der Waals surface area contributed by atoms with Crippen LogP contribution < -0.4 is 5.32 Å². The molecule has 0 aromatic heterocycles. The highest BCUT2D eigenvalue weighted by Gasteiger charge is 2.33. The highest BCUT2D eigenvalue weighted by Crippen LogP contribution is 2.33. The number of nitrogens with zero attached hydrogens (tertiary/aromatic N) is 1. The van der Waals surface area contributed by atoms with Crippen LogP contribution >= 0.6 is 0 Å². The molecular formula is C13H16N2. The lowest BCUT2D eigenvalue weighted by molar-refractivity contribution is 0.612. The number of benzene rings is 1. The summed E-state index contributed by atoms with van der Waals surface area (Å²) in [7, 11) is 0. The second-order valence-electron chi connectivity index (χ2n) is 4.34. The first-order valence-electron chi connectivity index (χ1n) is 5.51. The molecular weight excluding hydrogens is 184 g/mol. The maximum atomic E-state index is 9.26. The van der Waals surface area contributed by atoms with E-state index >= 15 is 0 Å². The summed E-state index contributed by atoms with van der Waals surface area (Å²) >= 11 is 0. The minimum absolute atomic E-state index is 0.313. The average molecular weight is 200 g/mol. The Labute approximate surface area is 90.9 Å². The third-order valence-electron chi connectivity index (χ3n) is 3.19. The van der Waals surface area contributed by atoms with E-state index in [1.54, 1.807) is 0 Å². The Hall–Kier alpha value is -1.49. The number of anilines is 1. The Kier molecular flexibility index (Phi) is 2.64. The van der Waals surface area contributed by atoms with E-state index in [0.29, 0.717) is 0 Å². The summed E-state index contributed by atoms with van der Waals surface area (Å²) in [6.07, 6.45) is 4.26. The second kappa shape index (κ2) is 3.94. The zero-order chi connectivity index (χ0) is 10.7. The number of hydrogen-bond acceptors (Lipinski definition) is 2. The number of rotatable bonds is 2. The van der Waals surface area contributed by atoms with Crippen molar-refractivity contribution < 1.29 is 0 Å². The molecule has 2 nitrogen and oxygen atoms in total. The van der Waals surface area contributed by atoms with Gasteiger partial charge in [0.05, 0.1) is 6.07 Å². The SMILES string of the molecule is Cc1ccccc1NC1(C#N)CCCC1. The molecule has 0 unspecified atom stereocenters. The van der Waals surface area contributed by atoms with Crippen LogP contribution in [0.1, 0.15) is 31.2 Å². The third kappa shape index (κ3) is 1.97. The van der Waals surface area contributed by atoms with Gasteiger partial charge in [-0.2, -0.15) is 5.26 Å². The molecule has 0 saturated heterocycles. The van der Waals surface area contributed by atoms with E-state index in [0.717, 1.165) is 31.4 Å². The fourth-order valence-electron chi connectivity index (χ4n) is 2.21. The molecule has 1 fully saturated rings. The molecule has 1 aromatic rings. The molecule has 1 aromatic carbocycles. The van der Waals surface area contributed by atoms with Crippen LogP contribution in [0.15, 0.2) is 24.3 Å². The molecule has 1 aliphatic carbocycles. The Balaban J connectivity index is 2.21. The maximum absolute atomic E-state index is 9.26. The third-order valence-corrected chi connectivity index (χ3v) is 3.19.